The number of hydrogen-bond donors (Lipinski definition) is 3. The second-order valence-corrected chi connectivity index (χ2v) is 6.76. The summed E-state index contributed by atoms with van der Waals surface area (Å²) in [6, 6.07) is 4.41. The Morgan fingerprint density at radius 2 is 2.12 bits per heavy atom. The van der Waals surface area contributed by atoms with Crippen molar-refractivity contribution in [1.82, 2.24) is 4.98 Å². The number of fused-ring (bicyclic) bond motifs is 1. The van der Waals surface area contributed by atoms with E-state index in [1.54, 1.807) is 12.1 Å². The summed E-state index contributed by atoms with van der Waals surface area (Å²) in [6.07, 6.45) is -1.29. The van der Waals surface area contributed by atoms with E-state index < -0.39 is 11.9 Å². The van der Waals surface area contributed by atoms with Gasteiger partial charge in [-0.25, -0.2) is 20.0 Å². The number of nitrogens with one attached hydrogen (secondary N) is 1. The Morgan fingerprint density at radius 1 is 1.38 bits per heavy atom. The molecule has 2 aliphatic rings. The quantitative estimate of drug-likeness (QED) is 0.476. The number of carbonyl (C=O) groups is 1. The fourth-order valence-electron chi connectivity index (χ4n) is 3.20. The van der Waals surface area contributed by atoms with E-state index in [1.165, 1.54) is 6.07 Å². The third kappa shape index (κ3) is 2.61. The third-order valence-electron chi connectivity index (χ3n) is 4.41. The van der Waals surface area contributed by atoms with Crippen LogP contribution >= 0.6 is 15.9 Å². The molecule has 2 aliphatic heterocycles. The highest BCUT2D eigenvalue weighted by molar-refractivity contribution is 9.10. The van der Waals surface area contributed by atoms with E-state index >= 15 is 0 Å². The maximum atomic E-state index is 14.5. The predicted molar refractivity (Wildman–Crippen MR) is 94.1 cm³/mol. The summed E-state index contributed by atoms with van der Waals surface area (Å²) in [6.45, 7) is 0.317. The van der Waals surface area contributed by atoms with E-state index in [2.05, 4.69) is 26.3 Å². The number of carboxylic acid groups (broad SMARTS) is 1. The molecule has 0 saturated heterocycles. The van der Waals surface area contributed by atoms with Crippen LogP contribution in [0.5, 0.6) is 11.5 Å². The lowest BCUT2D eigenvalue weighted by Crippen LogP contribution is -2.30. The molecule has 0 fully saturated rings. The fraction of sp³-hybridized carbons (Fsp3) is 0.250. The number of nitrogen functional groups attached to an aromatic ring is 1. The molecular weight excluding hydrogens is 411 g/mol. The molecule has 3 heterocycles. The van der Waals surface area contributed by atoms with Crippen LogP contribution in [-0.4, -0.2) is 29.4 Å². The van der Waals surface area contributed by atoms with Gasteiger partial charge in [-0.1, -0.05) is 0 Å². The lowest BCUT2D eigenvalue weighted by Gasteiger charge is -2.22. The highest BCUT2D eigenvalue weighted by atomic mass is 79.9. The Bertz CT molecular complexity index is 910. The van der Waals surface area contributed by atoms with Crippen LogP contribution < -0.4 is 25.6 Å². The number of rotatable bonds is 1. The van der Waals surface area contributed by atoms with Crippen LogP contribution in [-0.2, 0) is 6.54 Å². The predicted octanol–water partition coefficient (Wildman–Crippen LogP) is 2.82. The Morgan fingerprint density at radius 3 is 2.81 bits per heavy atom. The number of anilines is 2. The van der Waals surface area contributed by atoms with Crippen LogP contribution in [0.25, 0.3) is 0 Å². The molecule has 0 unspecified atom stereocenters. The molecule has 4 N–H and O–H groups in total. The van der Waals surface area contributed by atoms with Gasteiger partial charge in [0.2, 0.25) is 0 Å². The minimum Gasteiger partial charge on any atom is -0.493 e. The van der Waals surface area contributed by atoms with Crippen molar-refractivity contribution in [2.75, 3.05) is 23.5 Å². The van der Waals surface area contributed by atoms with Gasteiger partial charge in [-0.3, -0.25) is 4.90 Å². The van der Waals surface area contributed by atoms with Crippen LogP contribution in [0.2, 0.25) is 0 Å². The second-order valence-electron chi connectivity index (χ2n) is 5.91. The first-order valence-electron chi connectivity index (χ1n) is 7.74. The Labute approximate surface area is 155 Å². The molecule has 0 aliphatic carbocycles. The van der Waals surface area contributed by atoms with Crippen LogP contribution in [0.15, 0.2) is 22.7 Å². The van der Waals surface area contributed by atoms with Crippen molar-refractivity contribution < 1.29 is 23.8 Å². The van der Waals surface area contributed by atoms with Crippen molar-refractivity contribution >= 4 is 33.7 Å². The van der Waals surface area contributed by atoms with E-state index in [0.29, 0.717) is 22.4 Å². The minimum absolute atomic E-state index is 0.0338. The lowest BCUT2D eigenvalue weighted by molar-refractivity contribution is 0.200. The third-order valence-corrected chi connectivity index (χ3v) is 5.01. The van der Waals surface area contributed by atoms with Crippen molar-refractivity contribution in [3.63, 3.8) is 0 Å². The number of nitrogens with two attached hydrogens (primary N) is 1. The lowest BCUT2D eigenvalue weighted by atomic mass is 9.95. The van der Waals surface area contributed by atoms with Crippen molar-refractivity contribution in [3.05, 3.63) is 39.6 Å². The number of benzene rings is 1. The van der Waals surface area contributed by atoms with Gasteiger partial charge in [0, 0.05) is 17.2 Å². The first-order chi connectivity index (χ1) is 12.5. The highest BCUT2D eigenvalue weighted by Gasteiger charge is 2.34. The molecule has 0 spiro atoms. The number of halogens is 2. The zero-order valence-corrected chi connectivity index (χ0v) is 14.9. The molecule has 136 valence electrons. The Balaban J connectivity index is 1.91. The molecule has 10 heteroatoms. The van der Waals surface area contributed by atoms with E-state index in [-0.39, 0.29) is 42.0 Å². The summed E-state index contributed by atoms with van der Waals surface area (Å²) in [5.74, 6) is 5.80. The molecule has 8 nitrogen and oxygen atoms in total. The summed E-state index contributed by atoms with van der Waals surface area (Å²) in [5.41, 5.74) is 3.29. The number of amides is 1. The molecule has 4 rings (SSSR count). The largest absolute Gasteiger partial charge is 0.493 e. The van der Waals surface area contributed by atoms with Crippen molar-refractivity contribution in [2.24, 2.45) is 5.84 Å². The summed E-state index contributed by atoms with van der Waals surface area (Å²) in [7, 11) is 0. The zero-order chi connectivity index (χ0) is 18.4. The summed E-state index contributed by atoms with van der Waals surface area (Å²) in [5, 5.41) is 9.71. The van der Waals surface area contributed by atoms with E-state index in [0.717, 1.165) is 4.90 Å². The number of nitrogens with zero attached hydrogens (tertiary/aromatic N) is 2. The Kier molecular flexibility index (Phi) is 4.08. The van der Waals surface area contributed by atoms with Gasteiger partial charge in [-0.2, -0.15) is 0 Å². The maximum Gasteiger partial charge on any atom is 0.413 e. The average Bonchev–Trinajstić information content (AvgIpc) is 3.04. The highest BCUT2D eigenvalue weighted by Crippen LogP contribution is 2.42. The molecule has 0 radical (unpaired) electrons. The molecule has 0 bridgehead atoms. The van der Waals surface area contributed by atoms with E-state index in [1.807, 2.05) is 0 Å². The second kappa shape index (κ2) is 6.29. The van der Waals surface area contributed by atoms with E-state index in [4.69, 9.17) is 15.3 Å². The van der Waals surface area contributed by atoms with Crippen molar-refractivity contribution in [2.45, 2.75) is 12.5 Å². The topological polar surface area (TPSA) is 110 Å². The summed E-state index contributed by atoms with van der Waals surface area (Å²) >= 11 is 3.30. The van der Waals surface area contributed by atoms with Gasteiger partial charge in [0.05, 0.1) is 30.1 Å². The van der Waals surface area contributed by atoms with Gasteiger partial charge < -0.3 is 20.0 Å². The minimum atomic E-state index is -1.29. The van der Waals surface area contributed by atoms with Gasteiger partial charge in [-0.15, -0.1) is 0 Å². The molecule has 1 atom stereocenters. The Hall–Kier alpha value is -2.59. The molecular formula is C16H14BrFN4O4. The van der Waals surface area contributed by atoms with Gasteiger partial charge in [0.1, 0.15) is 11.6 Å². The summed E-state index contributed by atoms with van der Waals surface area (Å²) in [4.78, 5) is 17.1. The molecule has 1 aromatic heterocycles. The van der Waals surface area contributed by atoms with Crippen LogP contribution in [0.1, 0.15) is 17.0 Å². The van der Waals surface area contributed by atoms with Gasteiger partial charge in [0.15, 0.2) is 17.4 Å². The van der Waals surface area contributed by atoms with Gasteiger partial charge >= 0.3 is 6.09 Å². The number of pyridine rings is 1. The summed E-state index contributed by atoms with van der Waals surface area (Å²) < 4.78 is 26.5. The average molecular weight is 425 g/mol. The first-order valence-corrected chi connectivity index (χ1v) is 8.53. The zero-order valence-electron chi connectivity index (χ0n) is 13.3. The molecule has 1 aromatic carbocycles. The molecule has 26 heavy (non-hydrogen) atoms. The van der Waals surface area contributed by atoms with Crippen molar-refractivity contribution in [3.8, 4) is 11.5 Å². The van der Waals surface area contributed by atoms with Gasteiger partial charge in [-0.05, 0) is 28.1 Å². The van der Waals surface area contributed by atoms with E-state index in [9.17, 15) is 14.3 Å². The van der Waals surface area contributed by atoms with Crippen LogP contribution in [0, 0.1) is 5.82 Å². The SMILES string of the molecule is NNc1nc2c(cc1Br)OC[C@H]1COc3ccc(F)c(c31)CN2C(=O)O. The fourth-order valence-corrected chi connectivity index (χ4v) is 3.61. The molecule has 0 saturated carbocycles. The first kappa shape index (κ1) is 16.9. The van der Waals surface area contributed by atoms with Crippen LogP contribution in [0.4, 0.5) is 20.8 Å². The van der Waals surface area contributed by atoms with Crippen molar-refractivity contribution in [1.29, 1.82) is 0 Å². The molecule has 2 aromatic rings. The van der Waals surface area contributed by atoms with Gasteiger partial charge in [0.25, 0.3) is 0 Å². The number of hydrogen-bond acceptors (Lipinski definition) is 6. The number of ether oxygens (including phenoxy) is 2. The number of aromatic nitrogens is 1. The smallest absolute Gasteiger partial charge is 0.413 e. The monoisotopic (exact) mass is 424 g/mol. The maximum absolute atomic E-state index is 14.5. The van der Waals surface area contributed by atoms with Crippen LogP contribution in [0.3, 0.4) is 0 Å². The number of hydrazine groups is 1. The standard InChI is InChI=1S/C16H14BrFN4O4/c17-9-3-12-15(20-14(9)21-19)22(16(23)24)4-8-10(18)1-2-11-13(8)7(5-25-11)6-26-12/h1-3,7H,4-6,19H2,(H,20,21)(H,23,24)/t7-/m1/s1. The molecule has 1 amide bonds. The normalized spacial score (nSPS) is 17.8.